The lowest BCUT2D eigenvalue weighted by Crippen LogP contribution is -2.37. The highest BCUT2D eigenvalue weighted by Gasteiger charge is 2.47. The Hall–Kier alpha value is -4.04. The Morgan fingerprint density at radius 2 is 0.744 bits per heavy atom. The van der Waals surface area contributed by atoms with E-state index in [0.717, 1.165) is 0 Å². The van der Waals surface area contributed by atoms with E-state index in [1.54, 1.807) is 36.9 Å². The first-order valence-electron chi connectivity index (χ1n) is 12.5. The Morgan fingerprint density at radius 1 is 0.462 bits per heavy atom. The normalized spacial score (nSPS) is 11.5. The number of rotatable bonds is 9. The topological polar surface area (TPSA) is 55.8 Å². The average molecular weight is 554 g/mol. The van der Waals surface area contributed by atoms with Crippen LogP contribution >= 0.6 is 14.6 Å². The van der Waals surface area contributed by atoms with E-state index in [1.807, 2.05) is 121 Å². The zero-order chi connectivity index (χ0) is 27.3. The minimum Gasteiger partial charge on any atom is -0.497 e. The number of ether oxygens (including phenoxy) is 2. The van der Waals surface area contributed by atoms with E-state index in [1.165, 1.54) is 0 Å². The molecule has 0 atom stereocenters. The summed E-state index contributed by atoms with van der Waals surface area (Å²) in [7, 11) is -4.50. The van der Waals surface area contributed by atoms with Crippen LogP contribution in [0.25, 0.3) is 0 Å². The van der Waals surface area contributed by atoms with Gasteiger partial charge in [0.25, 0.3) is 0 Å². The van der Waals surface area contributed by atoms with Gasteiger partial charge in [-0.2, -0.15) is 0 Å². The highest BCUT2D eigenvalue weighted by Crippen LogP contribution is 2.66. The van der Waals surface area contributed by atoms with Crippen LogP contribution in [0.15, 0.2) is 140 Å². The van der Waals surface area contributed by atoms with E-state index in [9.17, 15) is 0 Å². The quantitative estimate of drug-likeness (QED) is 0.199. The lowest BCUT2D eigenvalue weighted by Gasteiger charge is -2.40. The van der Waals surface area contributed by atoms with Gasteiger partial charge in [-0.1, -0.05) is 72.8 Å². The monoisotopic (exact) mass is 553 g/mol. The molecular weight excluding hydrogens is 524 g/mol. The zero-order valence-corrected chi connectivity index (χ0v) is 23.5. The van der Waals surface area contributed by atoms with Crippen LogP contribution in [0.4, 0.5) is 5.69 Å². The van der Waals surface area contributed by atoms with Crippen LogP contribution in [0.1, 0.15) is 0 Å². The summed E-state index contributed by atoms with van der Waals surface area (Å²) in [6.45, 7) is 0. The first kappa shape index (κ1) is 26.6. The zero-order valence-electron chi connectivity index (χ0n) is 21.8. The van der Waals surface area contributed by atoms with E-state index < -0.39 is 14.6 Å². The number of hydrogen-bond donors (Lipinski definition) is 0. The van der Waals surface area contributed by atoms with Gasteiger partial charge in [-0.25, -0.2) is 0 Å². The van der Waals surface area contributed by atoms with Gasteiger partial charge in [0.1, 0.15) is 11.5 Å². The molecule has 0 N–H and O–H groups in total. The van der Waals surface area contributed by atoms with E-state index in [-0.39, 0.29) is 0 Å². The van der Waals surface area contributed by atoms with E-state index in [2.05, 4.69) is 0 Å². The maximum Gasteiger partial charge on any atom is 0.235 e. The van der Waals surface area contributed by atoms with Gasteiger partial charge >= 0.3 is 0 Å². The molecule has 0 heterocycles. The third-order valence-corrected chi connectivity index (χ3v) is 13.6. The third kappa shape index (κ3) is 4.92. The first-order valence-corrected chi connectivity index (χ1v) is 15.8. The number of nitrogens with zero attached hydrogens (tertiary/aromatic N) is 1. The summed E-state index contributed by atoms with van der Waals surface area (Å²) >= 11 is 0. The molecule has 0 radical (unpaired) electrons. The molecule has 0 fully saturated rings. The lowest BCUT2D eigenvalue weighted by molar-refractivity contribution is 0.394. The van der Waals surface area contributed by atoms with Gasteiger partial charge in [-0.15, -0.1) is 0 Å². The minimum atomic E-state index is -3.81. The molecule has 7 heteroatoms. The largest absolute Gasteiger partial charge is 0.497 e. The Labute approximate surface area is 229 Å². The molecule has 0 aliphatic rings. The van der Waals surface area contributed by atoms with Gasteiger partial charge in [0.05, 0.1) is 19.9 Å². The highest BCUT2D eigenvalue weighted by atomic mass is 31.2. The highest BCUT2D eigenvalue weighted by molar-refractivity contribution is 7.96. The number of benzene rings is 5. The molecule has 0 bridgehead atoms. The minimum absolute atomic E-state index is 0.457. The lowest BCUT2D eigenvalue weighted by atomic mass is 10.3. The molecule has 5 aromatic carbocycles. The summed E-state index contributed by atoms with van der Waals surface area (Å²) in [5.74, 6) is 0.990. The van der Waals surface area contributed by atoms with Crippen LogP contribution in [-0.4, -0.2) is 14.2 Å². The van der Waals surface area contributed by atoms with Crippen molar-refractivity contribution in [3.05, 3.63) is 140 Å². The van der Waals surface area contributed by atoms with Crippen molar-refractivity contribution in [3.63, 3.8) is 0 Å². The molecule has 0 unspecified atom stereocenters. The molecule has 196 valence electrons. The van der Waals surface area contributed by atoms with Crippen LogP contribution in [-0.2, 0) is 9.13 Å². The molecule has 0 spiro atoms. The molecule has 0 aliphatic heterocycles. The van der Waals surface area contributed by atoms with Crippen molar-refractivity contribution in [2.45, 2.75) is 0 Å². The smallest absolute Gasteiger partial charge is 0.235 e. The molecule has 5 rings (SSSR count). The fourth-order valence-electron chi connectivity index (χ4n) is 4.67. The fraction of sp³-hybridized carbons (Fsp3) is 0.0625. The van der Waals surface area contributed by atoms with Crippen LogP contribution in [0.2, 0.25) is 0 Å². The number of hydrogen-bond acceptors (Lipinski definition) is 4. The maximum absolute atomic E-state index is 16.0. The summed E-state index contributed by atoms with van der Waals surface area (Å²) < 4.78 is 44.8. The van der Waals surface area contributed by atoms with Gasteiger partial charge in [0, 0.05) is 39.4 Å². The van der Waals surface area contributed by atoms with Gasteiger partial charge in [-0.05, 0) is 48.5 Å². The van der Waals surface area contributed by atoms with Crippen LogP contribution in [0.5, 0.6) is 11.5 Å². The Morgan fingerprint density at radius 3 is 1.00 bits per heavy atom. The van der Waals surface area contributed by atoms with Crippen LogP contribution in [0, 0.1) is 0 Å². The maximum atomic E-state index is 16.0. The molecular formula is C32H29NO4P2. The van der Waals surface area contributed by atoms with Crippen LogP contribution in [0.3, 0.4) is 0 Å². The molecule has 5 aromatic rings. The Bertz CT molecular complexity index is 1420. The molecule has 5 nitrogen and oxygen atoms in total. The molecule has 0 saturated heterocycles. The number of anilines is 1. The Kier molecular flexibility index (Phi) is 7.74. The summed E-state index contributed by atoms with van der Waals surface area (Å²) in [5, 5.41) is 2.24. The fourth-order valence-corrected chi connectivity index (χ4v) is 12.0. The predicted octanol–water partition coefficient (Wildman–Crippen LogP) is 6.37. The van der Waals surface area contributed by atoms with Crippen molar-refractivity contribution in [1.29, 1.82) is 0 Å². The first-order chi connectivity index (χ1) is 19.0. The average Bonchev–Trinajstić information content (AvgIpc) is 3.02. The van der Waals surface area contributed by atoms with E-state index in [4.69, 9.17) is 9.47 Å². The van der Waals surface area contributed by atoms with Gasteiger partial charge in [-0.3, -0.25) is 13.6 Å². The second-order valence-electron chi connectivity index (χ2n) is 8.85. The van der Waals surface area contributed by atoms with Crippen molar-refractivity contribution in [2.75, 3.05) is 18.7 Å². The second-order valence-corrected chi connectivity index (χ2v) is 14.3. The number of methoxy groups -OCH3 is 2. The molecule has 0 amide bonds. The van der Waals surface area contributed by atoms with Crippen molar-refractivity contribution < 1.29 is 18.6 Å². The third-order valence-electron chi connectivity index (χ3n) is 6.53. The van der Waals surface area contributed by atoms with E-state index in [0.29, 0.717) is 38.4 Å². The van der Waals surface area contributed by atoms with Crippen molar-refractivity contribution in [3.8, 4) is 11.5 Å². The van der Waals surface area contributed by atoms with Crippen LogP contribution < -0.4 is 35.1 Å². The summed E-state index contributed by atoms with van der Waals surface area (Å²) in [5.41, 5.74) is 0.457. The van der Waals surface area contributed by atoms with Crippen molar-refractivity contribution in [1.82, 2.24) is 0 Å². The molecule has 0 aromatic heterocycles. The molecule has 0 saturated carbocycles. The second kappa shape index (κ2) is 11.4. The summed E-state index contributed by atoms with van der Waals surface area (Å²) in [6, 6.07) is 42.3. The summed E-state index contributed by atoms with van der Waals surface area (Å²) in [6.07, 6.45) is 0. The van der Waals surface area contributed by atoms with Gasteiger partial charge in [0.15, 0.2) is 0 Å². The van der Waals surface area contributed by atoms with Gasteiger partial charge in [0.2, 0.25) is 14.6 Å². The van der Waals surface area contributed by atoms with E-state index >= 15 is 9.13 Å². The standard InChI is InChI=1S/C32H29NO4P2/c1-36-27-23-26(24-28(25-27)37-2)33(38(34,29-15-7-3-8-16-29)30-17-9-4-10-18-30)39(35,31-19-11-5-12-20-31)32-21-13-6-14-22-32/h3-25H,1-2H3. The van der Waals surface area contributed by atoms with Crippen molar-refractivity contribution >= 4 is 41.5 Å². The van der Waals surface area contributed by atoms with Crippen molar-refractivity contribution in [2.24, 2.45) is 0 Å². The molecule has 0 aliphatic carbocycles. The SMILES string of the molecule is COc1cc(OC)cc(N(P(=O)(c2ccccc2)c2ccccc2)P(=O)(c2ccccc2)c2ccccc2)c1. The van der Waals surface area contributed by atoms with Gasteiger partial charge < -0.3 is 9.47 Å². The molecule has 39 heavy (non-hydrogen) atoms. The predicted molar refractivity (Wildman–Crippen MR) is 162 cm³/mol. The Balaban J connectivity index is 1.96. The summed E-state index contributed by atoms with van der Waals surface area (Å²) in [4.78, 5) is 0.